The fraction of sp³-hybridized carbons (Fsp3) is 0. The van der Waals surface area contributed by atoms with E-state index < -0.39 is 5.82 Å². The lowest BCUT2D eigenvalue weighted by molar-refractivity contribution is 0.621. The Morgan fingerprint density at radius 3 is 2.55 bits per heavy atom. The number of oxazole rings is 1. The molecule has 20 heavy (non-hydrogen) atoms. The van der Waals surface area contributed by atoms with Crippen molar-refractivity contribution in [2.45, 2.75) is 0 Å². The number of halogens is 3. The number of hydrogen-bond donors (Lipinski definition) is 2. The molecule has 0 saturated carbocycles. The van der Waals surface area contributed by atoms with Crippen LogP contribution in [0.2, 0.25) is 10.0 Å². The van der Waals surface area contributed by atoms with Gasteiger partial charge in [0.1, 0.15) is 11.3 Å². The number of nitrogens with two attached hydrogens (primary N) is 1. The number of rotatable bonds is 2. The fourth-order valence-electron chi connectivity index (χ4n) is 1.79. The van der Waals surface area contributed by atoms with E-state index in [4.69, 9.17) is 33.4 Å². The normalized spacial score (nSPS) is 10.9. The van der Waals surface area contributed by atoms with Crippen LogP contribution >= 0.6 is 23.2 Å². The van der Waals surface area contributed by atoms with Gasteiger partial charge in [-0.3, -0.25) is 0 Å². The number of aromatic nitrogens is 1. The second-order valence-corrected chi connectivity index (χ2v) is 4.90. The van der Waals surface area contributed by atoms with Crippen LogP contribution in [-0.4, -0.2) is 4.98 Å². The summed E-state index contributed by atoms with van der Waals surface area (Å²) in [5.74, 6) is -0.521. The average molecular weight is 312 g/mol. The maximum Gasteiger partial charge on any atom is 0.300 e. The summed E-state index contributed by atoms with van der Waals surface area (Å²) in [5.41, 5.74) is 7.67. The summed E-state index contributed by atoms with van der Waals surface area (Å²) in [5, 5.41) is 3.08. The van der Waals surface area contributed by atoms with E-state index in [-0.39, 0.29) is 16.1 Å². The van der Waals surface area contributed by atoms with Gasteiger partial charge < -0.3 is 15.5 Å². The van der Waals surface area contributed by atoms with Crippen molar-refractivity contribution in [1.82, 2.24) is 4.98 Å². The number of hydrogen-bond acceptors (Lipinski definition) is 4. The molecule has 0 unspecified atom stereocenters. The molecule has 7 heteroatoms. The van der Waals surface area contributed by atoms with Crippen LogP contribution in [0.25, 0.3) is 11.1 Å². The third-order valence-electron chi connectivity index (χ3n) is 2.69. The van der Waals surface area contributed by atoms with E-state index in [9.17, 15) is 4.39 Å². The lowest BCUT2D eigenvalue weighted by atomic mass is 10.3. The summed E-state index contributed by atoms with van der Waals surface area (Å²) < 4.78 is 18.6. The standard InChI is InChI=1S/C13H8Cl2FN3O/c14-7-4-6(16)5-8(15)11(7)18-13-19-12-9(17)2-1-3-10(12)20-13/h1-5H,17H2,(H,18,19). The van der Waals surface area contributed by atoms with E-state index in [2.05, 4.69) is 10.3 Å². The third-order valence-corrected chi connectivity index (χ3v) is 3.29. The monoisotopic (exact) mass is 311 g/mol. The van der Waals surface area contributed by atoms with Crippen LogP contribution in [0.3, 0.4) is 0 Å². The Balaban J connectivity index is 2.04. The van der Waals surface area contributed by atoms with Crippen molar-refractivity contribution in [2.24, 2.45) is 0 Å². The molecule has 0 radical (unpaired) electrons. The number of anilines is 3. The summed E-state index contributed by atoms with van der Waals surface area (Å²) in [6.45, 7) is 0. The molecule has 0 amide bonds. The van der Waals surface area contributed by atoms with E-state index in [1.54, 1.807) is 18.2 Å². The molecule has 0 bridgehead atoms. The Bertz CT molecular complexity index is 780. The molecule has 3 rings (SSSR count). The van der Waals surface area contributed by atoms with Crippen molar-refractivity contribution < 1.29 is 8.81 Å². The minimum atomic E-state index is -0.521. The number of nitrogen functional groups attached to an aromatic ring is 1. The zero-order chi connectivity index (χ0) is 14.3. The molecule has 0 aliphatic heterocycles. The fourth-order valence-corrected chi connectivity index (χ4v) is 2.35. The summed E-state index contributed by atoms with van der Waals surface area (Å²) in [6.07, 6.45) is 0. The van der Waals surface area contributed by atoms with Crippen molar-refractivity contribution in [2.75, 3.05) is 11.1 Å². The predicted molar refractivity (Wildman–Crippen MR) is 78.1 cm³/mol. The van der Waals surface area contributed by atoms with E-state index in [1.807, 2.05) is 0 Å². The number of nitrogens with zero attached hydrogens (tertiary/aromatic N) is 1. The Labute approximate surface area is 123 Å². The van der Waals surface area contributed by atoms with Crippen molar-refractivity contribution in [3.05, 3.63) is 46.2 Å². The first-order valence-corrected chi connectivity index (χ1v) is 6.37. The molecular weight excluding hydrogens is 304 g/mol. The lowest BCUT2D eigenvalue weighted by Crippen LogP contribution is -1.93. The molecule has 102 valence electrons. The second-order valence-electron chi connectivity index (χ2n) is 4.08. The van der Waals surface area contributed by atoms with E-state index in [1.165, 1.54) is 0 Å². The highest BCUT2D eigenvalue weighted by Gasteiger charge is 2.13. The lowest BCUT2D eigenvalue weighted by Gasteiger charge is -2.06. The third kappa shape index (κ3) is 2.26. The van der Waals surface area contributed by atoms with E-state index in [0.717, 1.165) is 12.1 Å². The van der Waals surface area contributed by atoms with Gasteiger partial charge in [-0.1, -0.05) is 29.3 Å². The van der Waals surface area contributed by atoms with Gasteiger partial charge in [-0.05, 0) is 24.3 Å². The van der Waals surface area contributed by atoms with Gasteiger partial charge >= 0.3 is 0 Å². The Hall–Kier alpha value is -1.98. The molecule has 3 N–H and O–H groups in total. The minimum absolute atomic E-state index is 0.130. The first-order chi connectivity index (χ1) is 9.54. The zero-order valence-electron chi connectivity index (χ0n) is 9.95. The highest BCUT2D eigenvalue weighted by Crippen LogP contribution is 2.34. The number of benzene rings is 2. The molecule has 1 heterocycles. The molecule has 0 aliphatic rings. The van der Waals surface area contributed by atoms with Crippen LogP contribution in [0.4, 0.5) is 21.8 Å². The Morgan fingerprint density at radius 1 is 1.20 bits per heavy atom. The topological polar surface area (TPSA) is 64.1 Å². The largest absolute Gasteiger partial charge is 0.423 e. The summed E-state index contributed by atoms with van der Waals surface area (Å²) in [6, 6.07) is 7.67. The SMILES string of the molecule is Nc1cccc2oc(Nc3c(Cl)cc(F)cc3Cl)nc12. The average Bonchev–Trinajstić information content (AvgIpc) is 2.78. The summed E-state index contributed by atoms with van der Waals surface area (Å²) >= 11 is 11.9. The molecular formula is C13H8Cl2FN3O. The van der Waals surface area contributed by atoms with Gasteiger partial charge in [0.25, 0.3) is 6.01 Å². The van der Waals surface area contributed by atoms with Gasteiger partial charge in [0.2, 0.25) is 0 Å². The maximum absolute atomic E-state index is 13.1. The molecule has 1 aromatic heterocycles. The first kappa shape index (κ1) is 13.0. The van der Waals surface area contributed by atoms with Gasteiger partial charge in [0.05, 0.1) is 21.4 Å². The molecule has 2 aromatic carbocycles. The van der Waals surface area contributed by atoms with Crippen LogP contribution in [-0.2, 0) is 0 Å². The first-order valence-electron chi connectivity index (χ1n) is 5.61. The second kappa shape index (κ2) is 4.85. The van der Waals surface area contributed by atoms with E-state index in [0.29, 0.717) is 22.5 Å². The zero-order valence-corrected chi connectivity index (χ0v) is 11.5. The highest BCUT2D eigenvalue weighted by molar-refractivity contribution is 6.39. The molecule has 0 fully saturated rings. The number of fused-ring (bicyclic) bond motifs is 1. The molecule has 0 aliphatic carbocycles. The molecule has 4 nitrogen and oxygen atoms in total. The summed E-state index contributed by atoms with van der Waals surface area (Å²) in [7, 11) is 0. The van der Waals surface area contributed by atoms with Gasteiger partial charge in [0.15, 0.2) is 5.58 Å². The van der Waals surface area contributed by atoms with Crippen molar-refractivity contribution in [1.29, 1.82) is 0 Å². The van der Waals surface area contributed by atoms with Crippen LogP contribution in [0.5, 0.6) is 0 Å². The van der Waals surface area contributed by atoms with E-state index >= 15 is 0 Å². The molecule has 3 aromatic rings. The minimum Gasteiger partial charge on any atom is -0.423 e. The van der Waals surface area contributed by atoms with Crippen molar-refractivity contribution in [3.63, 3.8) is 0 Å². The number of nitrogens with one attached hydrogen (secondary N) is 1. The summed E-state index contributed by atoms with van der Waals surface area (Å²) in [4.78, 5) is 4.20. The Morgan fingerprint density at radius 2 is 1.90 bits per heavy atom. The van der Waals surface area contributed by atoms with Gasteiger partial charge in [-0.25, -0.2) is 4.39 Å². The van der Waals surface area contributed by atoms with Crippen molar-refractivity contribution in [3.8, 4) is 0 Å². The van der Waals surface area contributed by atoms with Crippen LogP contribution in [0.1, 0.15) is 0 Å². The van der Waals surface area contributed by atoms with Crippen LogP contribution in [0.15, 0.2) is 34.7 Å². The highest BCUT2D eigenvalue weighted by atomic mass is 35.5. The molecule has 0 spiro atoms. The molecule has 0 atom stereocenters. The smallest absolute Gasteiger partial charge is 0.300 e. The van der Waals surface area contributed by atoms with Gasteiger partial charge in [-0.2, -0.15) is 4.98 Å². The Kier molecular flexibility index (Phi) is 3.16. The quantitative estimate of drug-likeness (QED) is 0.679. The predicted octanol–water partition coefficient (Wildman–Crippen LogP) is 4.60. The van der Waals surface area contributed by atoms with Crippen LogP contribution in [0, 0.1) is 5.82 Å². The van der Waals surface area contributed by atoms with Gasteiger partial charge in [-0.15, -0.1) is 0 Å². The molecule has 0 saturated heterocycles. The number of para-hydroxylation sites is 1. The van der Waals surface area contributed by atoms with Crippen molar-refractivity contribution >= 4 is 51.7 Å². The van der Waals surface area contributed by atoms with Crippen LogP contribution < -0.4 is 11.1 Å². The van der Waals surface area contributed by atoms with Gasteiger partial charge in [0, 0.05) is 0 Å². The maximum atomic E-state index is 13.1.